The topological polar surface area (TPSA) is 102 Å². The highest BCUT2D eigenvalue weighted by atomic mass is 16.2. The average molecular weight is 216 g/mol. The van der Waals surface area contributed by atoms with E-state index in [4.69, 9.17) is 5.73 Å². The smallest absolute Gasteiger partial charge is 0.260 e. The maximum Gasteiger partial charge on any atom is 0.260 e. The molecule has 0 bridgehead atoms. The van der Waals surface area contributed by atoms with Crippen molar-refractivity contribution in [2.24, 2.45) is 5.73 Å². The first-order valence-corrected chi connectivity index (χ1v) is 4.47. The summed E-state index contributed by atoms with van der Waals surface area (Å²) in [6.45, 7) is 0. The van der Waals surface area contributed by atoms with Crippen molar-refractivity contribution in [1.29, 1.82) is 0 Å². The molecule has 0 fully saturated rings. The van der Waals surface area contributed by atoms with Crippen LogP contribution in [0.15, 0.2) is 35.6 Å². The van der Waals surface area contributed by atoms with E-state index in [2.05, 4.69) is 15.0 Å². The molecule has 2 heterocycles. The lowest BCUT2D eigenvalue weighted by Gasteiger charge is -2.00. The summed E-state index contributed by atoms with van der Waals surface area (Å²) in [6.07, 6.45) is 4.42. The zero-order valence-corrected chi connectivity index (χ0v) is 8.18. The maximum atomic E-state index is 11.3. The molecular formula is C10H8N4O2. The fraction of sp³-hybridized carbons (Fsp3) is 0. The molecule has 0 unspecified atom stereocenters. The van der Waals surface area contributed by atoms with Crippen LogP contribution in [0.3, 0.4) is 0 Å². The summed E-state index contributed by atoms with van der Waals surface area (Å²) >= 11 is 0. The Hall–Kier alpha value is -2.50. The Morgan fingerprint density at radius 2 is 2.25 bits per heavy atom. The number of primary amides is 1. The Morgan fingerprint density at radius 1 is 1.44 bits per heavy atom. The third-order valence-corrected chi connectivity index (χ3v) is 2.05. The molecule has 0 aliphatic rings. The van der Waals surface area contributed by atoms with Gasteiger partial charge in [-0.05, 0) is 12.1 Å². The average Bonchev–Trinajstić information content (AvgIpc) is 2.30. The number of rotatable bonds is 2. The first kappa shape index (κ1) is 10.0. The lowest BCUT2D eigenvalue weighted by atomic mass is 10.1. The molecule has 0 aliphatic carbocycles. The quantitative estimate of drug-likeness (QED) is 0.733. The van der Waals surface area contributed by atoms with E-state index in [-0.39, 0.29) is 5.56 Å². The van der Waals surface area contributed by atoms with Crippen LogP contribution in [-0.4, -0.2) is 20.9 Å². The maximum absolute atomic E-state index is 11.3. The monoisotopic (exact) mass is 216 g/mol. The highest BCUT2D eigenvalue weighted by Gasteiger charge is 2.08. The van der Waals surface area contributed by atoms with E-state index in [1.807, 2.05) is 0 Å². The van der Waals surface area contributed by atoms with E-state index >= 15 is 0 Å². The number of nitrogens with one attached hydrogen (secondary N) is 1. The lowest BCUT2D eigenvalue weighted by Crippen LogP contribution is -2.23. The molecule has 2 aromatic heterocycles. The minimum atomic E-state index is -0.767. The Balaban J connectivity index is 2.57. The number of hydrogen-bond donors (Lipinski definition) is 2. The van der Waals surface area contributed by atoms with Crippen LogP contribution < -0.4 is 11.3 Å². The number of H-pyrrole nitrogens is 1. The number of aromatic nitrogens is 3. The van der Waals surface area contributed by atoms with Gasteiger partial charge in [0.2, 0.25) is 0 Å². The predicted molar refractivity (Wildman–Crippen MR) is 56.6 cm³/mol. The second-order valence-corrected chi connectivity index (χ2v) is 3.09. The third-order valence-electron chi connectivity index (χ3n) is 2.05. The molecule has 0 aliphatic heterocycles. The van der Waals surface area contributed by atoms with Crippen molar-refractivity contribution in [1.82, 2.24) is 15.0 Å². The van der Waals surface area contributed by atoms with E-state index in [1.54, 1.807) is 12.3 Å². The molecule has 0 atom stereocenters. The van der Waals surface area contributed by atoms with Crippen molar-refractivity contribution in [3.8, 4) is 11.3 Å². The number of carbonyl (C=O) groups excluding carboxylic acids is 1. The van der Waals surface area contributed by atoms with Gasteiger partial charge in [-0.25, -0.2) is 9.97 Å². The summed E-state index contributed by atoms with van der Waals surface area (Å²) in [6, 6.07) is 3.07. The van der Waals surface area contributed by atoms with Crippen molar-refractivity contribution in [2.45, 2.75) is 0 Å². The first-order chi connectivity index (χ1) is 7.68. The zero-order valence-electron chi connectivity index (χ0n) is 8.18. The Bertz CT molecular complexity index is 577. The summed E-state index contributed by atoms with van der Waals surface area (Å²) in [7, 11) is 0. The fourth-order valence-electron chi connectivity index (χ4n) is 1.28. The Labute approximate surface area is 90.2 Å². The molecule has 6 heteroatoms. The molecule has 0 radical (unpaired) electrons. The second kappa shape index (κ2) is 3.93. The summed E-state index contributed by atoms with van der Waals surface area (Å²) in [5, 5.41) is 0. The van der Waals surface area contributed by atoms with Gasteiger partial charge in [0.05, 0.1) is 5.69 Å². The van der Waals surface area contributed by atoms with E-state index < -0.39 is 11.5 Å². The predicted octanol–water partition coefficient (Wildman–Crippen LogP) is -0.0692. The SMILES string of the molecule is NC(=O)c1cc(-c2ccncn2)c[nH]c1=O. The Morgan fingerprint density at radius 3 is 2.88 bits per heavy atom. The van der Waals surface area contributed by atoms with Gasteiger partial charge in [-0.1, -0.05) is 0 Å². The van der Waals surface area contributed by atoms with Crippen molar-refractivity contribution in [3.05, 3.63) is 46.8 Å². The number of nitrogens with zero attached hydrogens (tertiary/aromatic N) is 2. The van der Waals surface area contributed by atoms with Crippen molar-refractivity contribution in [2.75, 3.05) is 0 Å². The summed E-state index contributed by atoms with van der Waals surface area (Å²) < 4.78 is 0. The van der Waals surface area contributed by atoms with Crippen LogP contribution >= 0.6 is 0 Å². The molecule has 0 saturated carbocycles. The molecule has 0 saturated heterocycles. The number of carbonyl (C=O) groups is 1. The van der Waals surface area contributed by atoms with E-state index in [9.17, 15) is 9.59 Å². The highest BCUT2D eigenvalue weighted by molar-refractivity contribution is 5.93. The minimum Gasteiger partial charge on any atom is -0.365 e. The van der Waals surface area contributed by atoms with Gasteiger partial charge in [-0.2, -0.15) is 0 Å². The number of nitrogens with two attached hydrogens (primary N) is 1. The second-order valence-electron chi connectivity index (χ2n) is 3.09. The molecule has 2 rings (SSSR count). The fourth-order valence-corrected chi connectivity index (χ4v) is 1.28. The molecule has 6 nitrogen and oxygen atoms in total. The molecule has 0 aromatic carbocycles. The zero-order chi connectivity index (χ0) is 11.5. The minimum absolute atomic E-state index is 0.0869. The van der Waals surface area contributed by atoms with Crippen molar-refractivity contribution in [3.63, 3.8) is 0 Å². The lowest BCUT2D eigenvalue weighted by molar-refractivity contribution is 0.0999. The summed E-state index contributed by atoms with van der Waals surface area (Å²) in [4.78, 5) is 32.4. The van der Waals surface area contributed by atoms with Crippen LogP contribution in [0.4, 0.5) is 0 Å². The summed E-state index contributed by atoms with van der Waals surface area (Å²) in [5.41, 5.74) is 5.69. The van der Waals surface area contributed by atoms with Gasteiger partial charge in [0.1, 0.15) is 11.9 Å². The van der Waals surface area contributed by atoms with Crippen LogP contribution in [0, 0.1) is 0 Å². The van der Waals surface area contributed by atoms with Gasteiger partial charge >= 0.3 is 0 Å². The van der Waals surface area contributed by atoms with Crippen LogP contribution in [0.5, 0.6) is 0 Å². The standard InChI is InChI=1S/C10H8N4O2/c11-9(15)7-3-6(4-13-10(7)16)8-1-2-12-5-14-8/h1-5H,(H2,11,15)(H,13,16). The Kier molecular flexibility index (Phi) is 2.47. The third kappa shape index (κ3) is 1.81. The molecule has 16 heavy (non-hydrogen) atoms. The van der Waals surface area contributed by atoms with Gasteiger partial charge in [0, 0.05) is 18.0 Å². The van der Waals surface area contributed by atoms with Crippen molar-refractivity contribution < 1.29 is 4.79 Å². The number of aromatic amines is 1. The number of amides is 1. The molecule has 2 aromatic rings. The van der Waals surface area contributed by atoms with Crippen LogP contribution in [0.2, 0.25) is 0 Å². The highest BCUT2D eigenvalue weighted by Crippen LogP contribution is 2.13. The number of hydrogen-bond acceptors (Lipinski definition) is 4. The van der Waals surface area contributed by atoms with E-state index in [1.165, 1.54) is 18.6 Å². The molecule has 80 valence electrons. The van der Waals surface area contributed by atoms with Gasteiger partial charge in [0.25, 0.3) is 11.5 Å². The van der Waals surface area contributed by atoms with Crippen LogP contribution in [-0.2, 0) is 0 Å². The van der Waals surface area contributed by atoms with Gasteiger partial charge in [-0.3, -0.25) is 9.59 Å². The molecular weight excluding hydrogens is 208 g/mol. The number of pyridine rings is 1. The van der Waals surface area contributed by atoms with Crippen LogP contribution in [0.25, 0.3) is 11.3 Å². The largest absolute Gasteiger partial charge is 0.365 e. The van der Waals surface area contributed by atoms with E-state index in [0.29, 0.717) is 11.3 Å². The normalized spacial score (nSPS) is 10.0. The van der Waals surface area contributed by atoms with E-state index in [0.717, 1.165) is 0 Å². The summed E-state index contributed by atoms with van der Waals surface area (Å²) in [5.74, 6) is -0.767. The van der Waals surface area contributed by atoms with Gasteiger partial charge < -0.3 is 10.7 Å². The van der Waals surface area contributed by atoms with Gasteiger partial charge in [0.15, 0.2) is 0 Å². The van der Waals surface area contributed by atoms with Crippen LogP contribution in [0.1, 0.15) is 10.4 Å². The van der Waals surface area contributed by atoms with Crippen molar-refractivity contribution >= 4 is 5.91 Å². The molecule has 1 amide bonds. The first-order valence-electron chi connectivity index (χ1n) is 4.47. The van der Waals surface area contributed by atoms with Gasteiger partial charge in [-0.15, -0.1) is 0 Å². The molecule has 0 spiro atoms. The molecule has 3 N–H and O–H groups in total.